The highest BCUT2D eigenvalue weighted by Crippen LogP contribution is 2.31. The average Bonchev–Trinajstić information content (AvgIpc) is 2.24. The first-order valence-corrected chi connectivity index (χ1v) is 6.88. The van der Waals surface area contributed by atoms with Crippen molar-refractivity contribution < 1.29 is 17.9 Å². The van der Waals surface area contributed by atoms with Crippen LogP contribution in [0.15, 0.2) is 22.7 Å². The summed E-state index contributed by atoms with van der Waals surface area (Å²) in [6.45, 7) is 0.0577. The van der Waals surface area contributed by atoms with E-state index >= 15 is 0 Å². The number of halogens is 5. The van der Waals surface area contributed by atoms with Crippen molar-refractivity contribution in [1.82, 2.24) is 0 Å². The molecule has 0 aromatic heterocycles. The largest absolute Gasteiger partial charge is 0.492 e. The Morgan fingerprint density at radius 3 is 2.53 bits per heavy atom. The monoisotopic (exact) mass is 374 g/mol. The fourth-order valence-corrected chi connectivity index (χ4v) is 2.23. The number of hydrogen-bond donors (Lipinski definition) is 0. The van der Waals surface area contributed by atoms with Crippen molar-refractivity contribution >= 4 is 31.9 Å². The van der Waals surface area contributed by atoms with Crippen molar-refractivity contribution in [3.63, 3.8) is 0 Å². The van der Waals surface area contributed by atoms with Crippen LogP contribution in [-0.2, 0) is 5.33 Å². The van der Waals surface area contributed by atoms with Gasteiger partial charge in [-0.25, -0.2) is 0 Å². The molecule has 0 fully saturated rings. The van der Waals surface area contributed by atoms with Gasteiger partial charge in [-0.2, -0.15) is 13.2 Å². The number of rotatable bonds is 5. The summed E-state index contributed by atoms with van der Waals surface area (Å²) in [7, 11) is 0. The van der Waals surface area contributed by atoms with Crippen LogP contribution in [0.4, 0.5) is 13.2 Å². The summed E-state index contributed by atoms with van der Waals surface area (Å²) >= 11 is 6.61. The van der Waals surface area contributed by atoms with Crippen LogP contribution in [-0.4, -0.2) is 12.8 Å². The van der Waals surface area contributed by atoms with Crippen LogP contribution < -0.4 is 4.74 Å². The third-order valence-electron chi connectivity index (χ3n) is 2.04. The van der Waals surface area contributed by atoms with Gasteiger partial charge < -0.3 is 4.74 Å². The summed E-state index contributed by atoms with van der Waals surface area (Å²) in [5, 5.41) is 0.598. The number of benzene rings is 1. The molecule has 0 aliphatic rings. The molecule has 0 spiro atoms. The molecule has 0 amide bonds. The molecular weight excluding hydrogens is 365 g/mol. The Morgan fingerprint density at radius 2 is 1.94 bits per heavy atom. The van der Waals surface area contributed by atoms with E-state index in [2.05, 4.69) is 31.9 Å². The Balaban J connectivity index is 2.52. The van der Waals surface area contributed by atoms with Crippen LogP contribution in [0.5, 0.6) is 5.75 Å². The van der Waals surface area contributed by atoms with E-state index in [0.717, 1.165) is 10.0 Å². The molecule has 1 aromatic carbocycles. The molecule has 0 N–H and O–H groups in total. The zero-order chi connectivity index (χ0) is 12.9. The first kappa shape index (κ1) is 14.8. The molecule has 1 aromatic rings. The summed E-state index contributed by atoms with van der Waals surface area (Å²) in [5.41, 5.74) is 0.909. The second kappa shape index (κ2) is 6.64. The van der Waals surface area contributed by atoms with Gasteiger partial charge >= 0.3 is 6.18 Å². The molecule has 0 saturated carbocycles. The summed E-state index contributed by atoms with van der Waals surface area (Å²) in [6, 6.07) is 5.51. The van der Waals surface area contributed by atoms with Crippen molar-refractivity contribution in [2.45, 2.75) is 24.3 Å². The van der Waals surface area contributed by atoms with Crippen LogP contribution in [0.25, 0.3) is 0 Å². The van der Waals surface area contributed by atoms with Gasteiger partial charge in [0, 0.05) is 17.3 Å². The Morgan fingerprint density at radius 1 is 1.24 bits per heavy atom. The van der Waals surface area contributed by atoms with Crippen molar-refractivity contribution in [3.8, 4) is 5.75 Å². The van der Waals surface area contributed by atoms with E-state index in [1.807, 2.05) is 12.1 Å². The van der Waals surface area contributed by atoms with Gasteiger partial charge in [0.05, 0.1) is 11.1 Å². The molecule has 17 heavy (non-hydrogen) atoms. The number of alkyl halides is 4. The molecule has 6 heteroatoms. The van der Waals surface area contributed by atoms with Crippen LogP contribution >= 0.6 is 31.9 Å². The minimum absolute atomic E-state index is 0.0352. The Hall–Kier alpha value is -0.230. The van der Waals surface area contributed by atoms with Gasteiger partial charge in [-0.05, 0) is 28.4 Å². The number of ether oxygens (including phenoxy) is 1. The normalized spacial score (nSPS) is 11.6. The highest BCUT2D eigenvalue weighted by Gasteiger charge is 2.26. The Labute approximate surface area is 115 Å². The smallest absolute Gasteiger partial charge is 0.389 e. The predicted octanol–water partition coefficient (Wildman–Crippen LogP) is 5.07. The van der Waals surface area contributed by atoms with Gasteiger partial charge in [-0.3, -0.25) is 0 Å². The summed E-state index contributed by atoms with van der Waals surface area (Å²) in [4.78, 5) is 0. The molecular formula is C11H11Br2F3O. The highest BCUT2D eigenvalue weighted by molar-refractivity contribution is 9.10. The maximum Gasteiger partial charge on any atom is 0.389 e. The molecule has 0 saturated heterocycles. The third kappa shape index (κ3) is 5.29. The lowest BCUT2D eigenvalue weighted by atomic mass is 10.2. The summed E-state index contributed by atoms with van der Waals surface area (Å²) < 4.78 is 41.9. The second-order valence-corrected chi connectivity index (χ2v) is 4.84. The maximum atomic E-state index is 11.9. The van der Waals surface area contributed by atoms with Gasteiger partial charge in [0.2, 0.25) is 0 Å². The van der Waals surface area contributed by atoms with E-state index in [1.165, 1.54) is 0 Å². The Bertz CT molecular complexity index is 366. The molecule has 1 nitrogen and oxygen atoms in total. The van der Waals surface area contributed by atoms with Crippen molar-refractivity contribution in [2.24, 2.45) is 0 Å². The molecule has 0 aliphatic carbocycles. The first-order chi connectivity index (χ1) is 7.94. The summed E-state index contributed by atoms with van der Waals surface area (Å²) in [5.74, 6) is 0.603. The van der Waals surface area contributed by atoms with E-state index in [4.69, 9.17) is 4.74 Å². The SMILES string of the molecule is FC(F)(F)CCCOc1c(Br)cccc1CBr. The van der Waals surface area contributed by atoms with E-state index in [0.29, 0.717) is 11.1 Å². The van der Waals surface area contributed by atoms with Crippen LogP contribution in [0, 0.1) is 0 Å². The van der Waals surface area contributed by atoms with Crippen LogP contribution in [0.3, 0.4) is 0 Å². The van der Waals surface area contributed by atoms with Gasteiger partial charge in [-0.1, -0.05) is 28.1 Å². The van der Waals surface area contributed by atoms with Crippen molar-refractivity contribution in [1.29, 1.82) is 0 Å². The van der Waals surface area contributed by atoms with Gasteiger partial charge in [0.1, 0.15) is 5.75 Å². The topological polar surface area (TPSA) is 9.23 Å². The lowest BCUT2D eigenvalue weighted by Crippen LogP contribution is -2.10. The average molecular weight is 376 g/mol. The molecule has 0 bridgehead atoms. The van der Waals surface area contributed by atoms with Gasteiger partial charge in [0.25, 0.3) is 0 Å². The van der Waals surface area contributed by atoms with Crippen molar-refractivity contribution in [2.75, 3.05) is 6.61 Å². The number of hydrogen-bond acceptors (Lipinski definition) is 1. The predicted molar refractivity (Wildman–Crippen MR) is 67.6 cm³/mol. The van der Waals surface area contributed by atoms with E-state index in [9.17, 15) is 13.2 Å². The zero-order valence-corrected chi connectivity index (χ0v) is 12.0. The molecule has 96 valence electrons. The highest BCUT2D eigenvalue weighted by atomic mass is 79.9. The molecule has 0 atom stereocenters. The fraction of sp³-hybridized carbons (Fsp3) is 0.455. The minimum Gasteiger partial charge on any atom is -0.492 e. The molecule has 0 radical (unpaired) electrons. The molecule has 0 unspecified atom stereocenters. The Kier molecular flexibility index (Phi) is 5.79. The first-order valence-electron chi connectivity index (χ1n) is 4.97. The lowest BCUT2D eigenvalue weighted by Gasteiger charge is -2.12. The quantitative estimate of drug-likeness (QED) is 0.516. The second-order valence-electron chi connectivity index (χ2n) is 3.43. The fourth-order valence-electron chi connectivity index (χ4n) is 1.27. The van der Waals surface area contributed by atoms with Gasteiger partial charge in [0.15, 0.2) is 0 Å². The van der Waals surface area contributed by atoms with Crippen molar-refractivity contribution in [3.05, 3.63) is 28.2 Å². The maximum absolute atomic E-state index is 11.9. The minimum atomic E-state index is -4.12. The molecule has 0 heterocycles. The number of para-hydroxylation sites is 1. The van der Waals surface area contributed by atoms with E-state index < -0.39 is 12.6 Å². The van der Waals surface area contributed by atoms with E-state index in [-0.39, 0.29) is 13.0 Å². The summed E-state index contributed by atoms with van der Waals surface area (Å²) in [6.07, 6.45) is -4.97. The molecule has 0 aliphatic heterocycles. The zero-order valence-electron chi connectivity index (χ0n) is 8.86. The van der Waals surface area contributed by atoms with Gasteiger partial charge in [-0.15, -0.1) is 0 Å². The van der Waals surface area contributed by atoms with Crippen LogP contribution in [0.2, 0.25) is 0 Å². The van der Waals surface area contributed by atoms with Crippen LogP contribution in [0.1, 0.15) is 18.4 Å². The molecule has 1 rings (SSSR count). The standard InChI is InChI=1S/C11H11Br2F3O/c12-7-8-3-1-4-9(13)10(8)17-6-2-5-11(14,15)16/h1,3-4H,2,5-7H2. The van der Waals surface area contributed by atoms with E-state index in [1.54, 1.807) is 6.07 Å². The lowest BCUT2D eigenvalue weighted by molar-refractivity contribution is -0.136. The third-order valence-corrected chi connectivity index (χ3v) is 3.27.